The quantitative estimate of drug-likeness (QED) is 0.878. The molecule has 1 aromatic rings. The first-order valence-electron chi connectivity index (χ1n) is 7.43. The van der Waals surface area contributed by atoms with E-state index in [0.29, 0.717) is 6.04 Å². The SMILES string of the molecule is C=Cc1cc(S(=O)(=O)NC)ccc1NC1CCC(C)CC1. The number of rotatable bonds is 5. The summed E-state index contributed by atoms with van der Waals surface area (Å²) in [7, 11) is -2.00. The van der Waals surface area contributed by atoms with E-state index >= 15 is 0 Å². The predicted octanol–water partition coefficient (Wildman–Crippen LogP) is 3.23. The highest BCUT2D eigenvalue weighted by molar-refractivity contribution is 7.89. The molecule has 1 aromatic carbocycles. The average molecular weight is 308 g/mol. The van der Waals surface area contributed by atoms with Crippen LogP contribution in [0.3, 0.4) is 0 Å². The maximum Gasteiger partial charge on any atom is 0.240 e. The molecule has 1 saturated carbocycles. The number of hydrogen-bond acceptors (Lipinski definition) is 3. The van der Waals surface area contributed by atoms with E-state index in [-0.39, 0.29) is 4.90 Å². The van der Waals surface area contributed by atoms with Gasteiger partial charge < -0.3 is 5.32 Å². The van der Waals surface area contributed by atoms with Crippen molar-refractivity contribution < 1.29 is 8.42 Å². The Morgan fingerprint density at radius 2 is 1.90 bits per heavy atom. The second kappa shape index (κ2) is 6.62. The van der Waals surface area contributed by atoms with Crippen LogP contribution in [0.2, 0.25) is 0 Å². The van der Waals surface area contributed by atoms with E-state index in [9.17, 15) is 8.42 Å². The lowest BCUT2D eigenvalue weighted by Crippen LogP contribution is -2.25. The fraction of sp³-hybridized carbons (Fsp3) is 0.500. The van der Waals surface area contributed by atoms with Crippen molar-refractivity contribution in [2.75, 3.05) is 12.4 Å². The molecule has 0 saturated heterocycles. The van der Waals surface area contributed by atoms with Crippen molar-refractivity contribution in [1.82, 2.24) is 4.72 Å². The van der Waals surface area contributed by atoms with Crippen molar-refractivity contribution in [2.45, 2.75) is 43.5 Å². The van der Waals surface area contributed by atoms with E-state index in [0.717, 1.165) is 30.0 Å². The van der Waals surface area contributed by atoms with Gasteiger partial charge in [-0.25, -0.2) is 13.1 Å². The minimum atomic E-state index is -3.41. The summed E-state index contributed by atoms with van der Waals surface area (Å²) in [5.41, 5.74) is 1.78. The molecule has 5 heteroatoms. The Morgan fingerprint density at radius 1 is 1.24 bits per heavy atom. The minimum absolute atomic E-state index is 0.266. The number of sulfonamides is 1. The Hall–Kier alpha value is -1.33. The van der Waals surface area contributed by atoms with Gasteiger partial charge in [-0.05, 0) is 62.4 Å². The van der Waals surface area contributed by atoms with Crippen LogP contribution in [0.4, 0.5) is 5.69 Å². The van der Waals surface area contributed by atoms with Crippen LogP contribution in [0.15, 0.2) is 29.7 Å². The van der Waals surface area contributed by atoms with Gasteiger partial charge in [-0.2, -0.15) is 0 Å². The zero-order chi connectivity index (χ0) is 15.5. The summed E-state index contributed by atoms with van der Waals surface area (Å²) in [5, 5.41) is 3.53. The normalized spacial score (nSPS) is 22.8. The highest BCUT2D eigenvalue weighted by atomic mass is 32.2. The first kappa shape index (κ1) is 16.0. The van der Waals surface area contributed by atoms with Crippen LogP contribution in [0, 0.1) is 5.92 Å². The number of anilines is 1. The van der Waals surface area contributed by atoms with Crippen molar-refractivity contribution in [2.24, 2.45) is 5.92 Å². The van der Waals surface area contributed by atoms with E-state index in [1.807, 2.05) is 6.07 Å². The molecule has 0 heterocycles. The molecule has 1 aliphatic carbocycles. The summed E-state index contributed by atoms with van der Waals surface area (Å²) < 4.78 is 26.0. The predicted molar refractivity (Wildman–Crippen MR) is 87.8 cm³/mol. The van der Waals surface area contributed by atoms with E-state index in [4.69, 9.17) is 0 Å². The maximum atomic E-state index is 11.8. The summed E-state index contributed by atoms with van der Waals surface area (Å²) in [6.07, 6.45) is 6.51. The minimum Gasteiger partial charge on any atom is -0.382 e. The Balaban J connectivity index is 2.19. The van der Waals surface area contributed by atoms with E-state index in [1.54, 1.807) is 18.2 Å². The van der Waals surface area contributed by atoms with Crippen LogP contribution in [-0.4, -0.2) is 21.5 Å². The second-order valence-electron chi connectivity index (χ2n) is 5.76. The smallest absolute Gasteiger partial charge is 0.240 e. The van der Waals surface area contributed by atoms with Crippen LogP contribution in [-0.2, 0) is 10.0 Å². The van der Waals surface area contributed by atoms with Crippen molar-refractivity contribution in [1.29, 1.82) is 0 Å². The van der Waals surface area contributed by atoms with Gasteiger partial charge in [0.1, 0.15) is 0 Å². The molecule has 0 amide bonds. The fourth-order valence-electron chi connectivity index (χ4n) is 2.75. The zero-order valence-electron chi connectivity index (χ0n) is 12.7. The fourth-order valence-corrected chi connectivity index (χ4v) is 3.52. The Kier molecular flexibility index (Phi) is 5.06. The summed E-state index contributed by atoms with van der Waals surface area (Å²) in [6, 6.07) is 5.59. The van der Waals surface area contributed by atoms with E-state index < -0.39 is 10.0 Å². The molecule has 21 heavy (non-hydrogen) atoms. The number of hydrogen-bond donors (Lipinski definition) is 2. The Bertz CT molecular complexity index is 603. The molecule has 0 aliphatic heterocycles. The summed E-state index contributed by atoms with van der Waals surface area (Å²) in [6.45, 7) is 6.08. The topological polar surface area (TPSA) is 58.2 Å². The lowest BCUT2D eigenvalue weighted by Gasteiger charge is -2.28. The third-order valence-corrected chi connectivity index (χ3v) is 5.61. The van der Waals surface area contributed by atoms with Gasteiger partial charge in [0.15, 0.2) is 0 Å². The highest BCUT2D eigenvalue weighted by Crippen LogP contribution is 2.28. The van der Waals surface area contributed by atoms with Crippen LogP contribution in [0.5, 0.6) is 0 Å². The van der Waals surface area contributed by atoms with Gasteiger partial charge in [0.2, 0.25) is 10.0 Å². The molecule has 1 fully saturated rings. The molecule has 1 aliphatic rings. The largest absolute Gasteiger partial charge is 0.382 e. The lowest BCUT2D eigenvalue weighted by atomic mass is 9.87. The highest BCUT2D eigenvalue weighted by Gasteiger charge is 2.19. The molecular formula is C16H24N2O2S. The van der Waals surface area contributed by atoms with Gasteiger partial charge in [0, 0.05) is 11.7 Å². The number of benzene rings is 1. The summed E-state index contributed by atoms with van der Waals surface area (Å²) in [4.78, 5) is 0.266. The van der Waals surface area contributed by atoms with Gasteiger partial charge in [-0.3, -0.25) is 0 Å². The van der Waals surface area contributed by atoms with Crippen LogP contribution >= 0.6 is 0 Å². The van der Waals surface area contributed by atoms with Gasteiger partial charge in [0.25, 0.3) is 0 Å². The molecule has 2 N–H and O–H groups in total. The van der Waals surface area contributed by atoms with E-state index in [2.05, 4.69) is 23.5 Å². The summed E-state index contributed by atoms with van der Waals surface area (Å²) in [5.74, 6) is 0.810. The standard InChI is InChI=1S/C16H24N2O2S/c1-4-13-11-15(21(19,20)17-3)9-10-16(13)18-14-7-5-12(2)6-8-14/h4,9-12,14,17-18H,1,5-8H2,2-3H3. The van der Waals surface area contributed by atoms with Gasteiger partial charge in [-0.15, -0.1) is 0 Å². The van der Waals surface area contributed by atoms with Gasteiger partial charge >= 0.3 is 0 Å². The van der Waals surface area contributed by atoms with Crippen LogP contribution in [0.1, 0.15) is 38.2 Å². The Morgan fingerprint density at radius 3 is 2.48 bits per heavy atom. The van der Waals surface area contributed by atoms with Gasteiger partial charge in [-0.1, -0.05) is 19.6 Å². The van der Waals surface area contributed by atoms with Crippen molar-refractivity contribution in [3.05, 3.63) is 30.3 Å². The molecule has 0 aromatic heterocycles. The lowest BCUT2D eigenvalue weighted by molar-refractivity contribution is 0.361. The van der Waals surface area contributed by atoms with Crippen molar-refractivity contribution >= 4 is 21.8 Å². The molecule has 0 unspecified atom stereocenters. The summed E-state index contributed by atoms with van der Waals surface area (Å²) >= 11 is 0. The van der Waals surface area contributed by atoms with E-state index in [1.165, 1.54) is 19.9 Å². The first-order chi connectivity index (χ1) is 9.96. The monoisotopic (exact) mass is 308 g/mol. The maximum absolute atomic E-state index is 11.8. The third-order valence-electron chi connectivity index (χ3n) is 4.20. The molecule has 2 rings (SSSR count). The second-order valence-corrected chi connectivity index (χ2v) is 7.65. The molecule has 0 spiro atoms. The third kappa shape index (κ3) is 3.86. The van der Waals surface area contributed by atoms with Gasteiger partial charge in [0.05, 0.1) is 4.90 Å². The Labute approximate surface area is 127 Å². The van der Waals surface area contributed by atoms with Crippen molar-refractivity contribution in [3.8, 4) is 0 Å². The van der Waals surface area contributed by atoms with Crippen molar-refractivity contribution in [3.63, 3.8) is 0 Å². The zero-order valence-corrected chi connectivity index (χ0v) is 13.5. The molecule has 0 bridgehead atoms. The average Bonchev–Trinajstić information content (AvgIpc) is 2.49. The van der Waals surface area contributed by atoms with Crippen LogP contribution < -0.4 is 10.0 Å². The molecule has 116 valence electrons. The molecule has 0 radical (unpaired) electrons. The molecule has 0 atom stereocenters. The molecular weight excluding hydrogens is 284 g/mol. The first-order valence-corrected chi connectivity index (χ1v) is 8.91. The van der Waals surface area contributed by atoms with Crippen LogP contribution in [0.25, 0.3) is 6.08 Å². The molecule has 4 nitrogen and oxygen atoms in total. The number of nitrogens with one attached hydrogen (secondary N) is 2.